The van der Waals surface area contributed by atoms with Gasteiger partial charge in [-0.25, -0.2) is 9.97 Å². The molecule has 122 valence electrons. The SMILES string of the molecule is COc1ccc(NC(=O)c2cc(NCC(C)C)nc(C)n2)cc1. The van der Waals surface area contributed by atoms with E-state index in [2.05, 4.69) is 34.4 Å². The molecule has 23 heavy (non-hydrogen) atoms. The fourth-order valence-electron chi connectivity index (χ4n) is 1.95. The van der Waals surface area contributed by atoms with Crippen LogP contribution in [0.3, 0.4) is 0 Å². The summed E-state index contributed by atoms with van der Waals surface area (Å²) in [6.07, 6.45) is 0. The van der Waals surface area contributed by atoms with E-state index in [4.69, 9.17) is 4.74 Å². The third-order valence-corrected chi connectivity index (χ3v) is 3.11. The number of aryl methyl sites for hydroxylation is 1. The molecule has 1 aromatic heterocycles. The first kappa shape index (κ1) is 16.7. The van der Waals surface area contributed by atoms with Gasteiger partial charge in [-0.3, -0.25) is 4.79 Å². The van der Waals surface area contributed by atoms with Crippen LogP contribution in [-0.2, 0) is 0 Å². The van der Waals surface area contributed by atoms with Crippen LogP contribution in [0.2, 0.25) is 0 Å². The number of hydrogen-bond donors (Lipinski definition) is 2. The number of methoxy groups -OCH3 is 1. The van der Waals surface area contributed by atoms with Gasteiger partial charge in [0.05, 0.1) is 7.11 Å². The number of nitrogens with zero attached hydrogens (tertiary/aromatic N) is 2. The van der Waals surface area contributed by atoms with E-state index in [0.29, 0.717) is 28.9 Å². The molecular weight excluding hydrogens is 292 g/mol. The number of amides is 1. The highest BCUT2D eigenvalue weighted by Gasteiger charge is 2.11. The third-order valence-electron chi connectivity index (χ3n) is 3.11. The Balaban J connectivity index is 2.11. The van der Waals surface area contributed by atoms with Crippen molar-refractivity contribution >= 4 is 17.4 Å². The molecule has 0 saturated carbocycles. The normalized spacial score (nSPS) is 10.5. The van der Waals surface area contributed by atoms with Crippen molar-refractivity contribution in [1.82, 2.24) is 9.97 Å². The summed E-state index contributed by atoms with van der Waals surface area (Å²) in [5, 5.41) is 6.03. The standard InChI is InChI=1S/C17H22N4O2/c1-11(2)10-18-16-9-15(19-12(3)20-16)17(22)21-13-5-7-14(23-4)8-6-13/h5-9,11H,10H2,1-4H3,(H,21,22)(H,18,19,20). The number of ether oxygens (including phenoxy) is 1. The monoisotopic (exact) mass is 314 g/mol. The Bertz CT molecular complexity index is 669. The van der Waals surface area contributed by atoms with Crippen molar-refractivity contribution in [2.45, 2.75) is 20.8 Å². The molecule has 0 aliphatic rings. The summed E-state index contributed by atoms with van der Waals surface area (Å²) in [5.74, 6) is 2.17. The third kappa shape index (κ3) is 4.95. The lowest BCUT2D eigenvalue weighted by Crippen LogP contribution is -2.16. The summed E-state index contributed by atoms with van der Waals surface area (Å²) in [6.45, 7) is 6.78. The molecule has 0 radical (unpaired) electrons. The van der Waals surface area contributed by atoms with Gasteiger partial charge in [-0.1, -0.05) is 13.8 Å². The molecule has 0 spiro atoms. The van der Waals surface area contributed by atoms with Gasteiger partial charge in [-0.15, -0.1) is 0 Å². The number of hydrogen-bond acceptors (Lipinski definition) is 5. The number of benzene rings is 1. The number of aromatic nitrogens is 2. The van der Waals surface area contributed by atoms with Crippen molar-refractivity contribution in [2.24, 2.45) is 5.92 Å². The van der Waals surface area contributed by atoms with Crippen LogP contribution in [0, 0.1) is 12.8 Å². The zero-order valence-electron chi connectivity index (χ0n) is 13.9. The lowest BCUT2D eigenvalue weighted by Gasteiger charge is -2.10. The van der Waals surface area contributed by atoms with Crippen molar-refractivity contribution in [3.63, 3.8) is 0 Å². The predicted octanol–water partition coefficient (Wildman–Crippen LogP) is 3.11. The first-order chi connectivity index (χ1) is 11.0. The Morgan fingerprint density at radius 2 is 1.91 bits per heavy atom. The average molecular weight is 314 g/mol. The van der Waals surface area contributed by atoms with Crippen LogP contribution in [0.25, 0.3) is 0 Å². The Labute approximate surface area is 136 Å². The van der Waals surface area contributed by atoms with Gasteiger partial charge in [0, 0.05) is 18.3 Å². The second-order valence-electron chi connectivity index (χ2n) is 5.64. The van der Waals surface area contributed by atoms with Crippen LogP contribution in [-0.4, -0.2) is 29.5 Å². The minimum atomic E-state index is -0.270. The Kier molecular flexibility index (Phi) is 5.51. The Morgan fingerprint density at radius 1 is 1.22 bits per heavy atom. The van der Waals surface area contributed by atoms with Gasteiger partial charge in [0.1, 0.15) is 23.1 Å². The molecule has 0 aliphatic heterocycles. The van der Waals surface area contributed by atoms with Crippen molar-refractivity contribution in [2.75, 3.05) is 24.3 Å². The fourth-order valence-corrected chi connectivity index (χ4v) is 1.95. The lowest BCUT2D eigenvalue weighted by atomic mass is 10.2. The van der Waals surface area contributed by atoms with Crippen molar-refractivity contribution in [1.29, 1.82) is 0 Å². The maximum atomic E-state index is 12.4. The summed E-state index contributed by atoms with van der Waals surface area (Å²) in [7, 11) is 1.60. The molecule has 2 N–H and O–H groups in total. The van der Waals surface area contributed by atoms with Gasteiger partial charge in [0.2, 0.25) is 0 Å². The second-order valence-corrected chi connectivity index (χ2v) is 5.64. The Hall–Kier alpha value is -2.63. The van der Waals surface area contributed by atoms with E-state index in [0.717, 1.165) is 12.3 Å². The minimum absolute atomic E-state index is 0.270. The number of carbonyl (C=O) groups is 1. The van der Waals surface area contributed by atoms with E-state index in [1.54, 1.807) is 44.4 Å². The van der Waals surface area contributed by atoms with Crippen LogP contribution < -0.4 is 15.4 Å². The molecule has 0 fully saturated rings. The smallest absolute Gasteiger partial charge is 0.274 e. The summed E-state index contributed by atoms with van der Waals surface area (Å²) in [6, 6.07) is 8.80. The highest BCUT2D eigenvalue weighted by molar-refractivity contribution is 6.03. The van der Waals surface area contributed by atoms with E-state index in [1.807, 2.05) is 0 Å². The van der Waals surface area contributed by atoms with Gasteiger partial charge in [-0.2, -0.15) is 0 Å². The van der Waals surface area contributed by atoms with Crippen molar-refractivity contribution in [3.05, 3.63) is 41.9 Å². The quantitative estimate of drug-likeness (QED) is 0.857. The molecule has 1 aromatic carbocycles. The van der Waals surface area contributed by atoms with E-state index in [-0.39, 0.29) is 5.91 Å². The van der Waals surface area contributed by atoms with Gasteiger partial charge >= 0.3 is 0 Å². The fraction of sp³-hybridized carbons (Fsp3) is 0.353. The van der Waals surface area contributed by atoms with Crippen molar-refractivity contribution < 1.29 is 9.53 Å². The number of rotatable bonds is 6. The molecule has 0 atom stereocenters. The summed E-state index contributed by atoms with van der Waals surface area (Å²) in [4.78, 5) is 20.9. The van der Waals surface area contributed by atoms with Gasteiger partial charge < -0.3 is 15.4 Å². The predicted molar refractivity (Wildman–Crippen MR) is 91.0 cm³/mol. The number of anilines is 2. The highest BCUT2D eigenvalue weighted by Crippen LogP contribution is 2.16. The molecule has 1 amide bonds. The highest BCUT2D eigenvalue weighted by atomic mass is 16.5. The molecule has 6 heteroatoms. The minimum Gasteiger partial charge on any atom is -0.497 e. The first-order valence-corrected chi connectivity index (χ1v) is 7.53. The van der Waals surface area contributed by atoms with E-state index in [9.17, 15) is 4.79 Å². The maximum absolute atomic E-state index is 12.4. The second kappa shape index (κ2) is 7.58. The van der Waals surface area contributed by atoms with E-state index >= 15 is 0 Å². The molecule has 2 aromatic rings. The van der Waals surface area contributed by atoms with Crippen LogP contribution in [0.4, 0.5) is 11.5 Å². The largest absolute Gasteiger partial charge is 0.497 e. The first-order valence-electron chi connectivity index (χ1n) is 7.53. The molecular formula is C17H22N4O2. The molecule has 2 rings (SSSR count). The van der Waals surface area contributed by atoms with Crippen LogP contribution >= 0.6 is 0 Å². The molecule has 0 unspecified atom stereocenters. The van der Waals surface area contributed by atoms with Crippen LogP contribution in [0.15, 0.2) is 30.3 Å². The molecule has 0 aliphatic carbocycles. The van der Waals surface area contributed by atoms with Crippen LogP contribution in [0.1, 0.15) is 30.2 Å². The molecule has 0 saturated heterocycles. The van der Waals surface area contributed by atoms with Gasteiger partial charge in [-0.05, 0) is 37.1 Å². The summed E-state index contributed by atoms with van der Waals surface area (Å²) < 4.78 is 5.09. The van der Waals surface area contributed by atoms with E-state index in [1.165, 1.54) is 0 Å². The van der Waals surface area contributed by atoms with E-state index < -0.39 is 0 Å². The van der Waals surface area contributed by atoms with Gasteiger partial charge in [0.15, 0.2) is 0 Å². The number of carbonyl (C=O) groups excluding carboxylic acids is 1. The average Bonchev–Trinajstić information content (AvgIpc) is 2.53. The Morgan fingerprint density at radius 3 is 2.52 bits per heavy atom. The summed E-state index contributed by atoms with van der Waals surface area (Å²) >= 11 is 0. The lowest BCUT2D eigenvalue weighted by molar-refractivity contribution is 0.102. The maximum Gasteiger partial charge on any atom is 0.274 e. The topological polar surface area (TPSA) is 76.1 Å². The molecule has 0 bridgehead atoms. The number of nitrogens with one attached hydrogen (secondary N) is 2. The van der Waals surface area contributed by atoms with Crippen LogP contribution in [0.5, 0.6) is 5.75 Å². The zero-order valence-corrected chi connectivity index (χ0v) is 13.9. The molecule has 6 nitrogen and oxygen atoms in total. The van der Waals surface area contributed by atoms with Gasteiger partial charge in [0.25, 0.3) is 5.91 Å². The zero-order chi connectivity index (χ0) is 16.8. The summed E-state index contributed by atoms with van der Waals surface area (Å²) in [5.41, 5.74) is 1.02. The van der Waals surface area contributed by atoms with Crippen molar-refractivity contribution in [3.8, 4) is 5.75 Å². The molecule has 1 heterocycles.